The van der Waals surface area contributed by atoms with Crippen molar-refractivity contribution in [2.45, 2.75) is 70.3 Å². The number of nitrogens with one attached hydrogen (secondary N) is 1. The number of hydrogen-bond donors (Lipinski definition) is 1. The summed E-state index contributed by atoms with van der Waals surface area (Å²) in [5.41, 5.74) is -0.709. The Morgan fingerprint density at radius 2 is 1.93 bits per heavy atom. The van der Waals surface area contributed by atoms with Crippen molar-refractivity contribution in [2.24, 2.45) is 0 Å². The molecule has 0 aliphatic carbocycles. The van der Waals surface area contributed by atoms with Crippen LogP contribution in [0.25, 0.3) is 11.4 Å². The third-order valence-corrected chi connectivity index (χ3v) is 5.12. The average molecular weight is 429 g/mol. The van der Waals surface area contributed by atoms with Gasteiger partial charge < -0.3 is 14.6 Å². The molecule has 1 aromatic heterocycles. The monoisotopic (exact) mass is 429 g/mol. The van der Waals surface area contributed by atoms with Crippen LogP contribution >= 0.6 is 0 Å². The molecule has 0 bridgehead atoms. The molecule has 2 heterocycles. The van der Waals surface area contributed by atoms with Crippen LogP contribution < -0.4 is 10.1 Å². The molecule has 0 saturated carbocycles. The zero-order valence-corrected chi connectivity index (χ0v) is 17.0. The zero-order chi connectivity index (χ0) is 21.6. The molecule has 3 rings (SSSR count). The van der Waals surface area contributed by atoms with Crippen molar-refractivity contribution in [1.82, 2.24) is 15.5 Å². The summed E-state index contributed by atoms with van der Waals surface area (Å²) in [6.07, 6.45) is 0.756. The van der Waals surface area contributed by atoms with Crippen molar-refractivity contribution in [3.8, 4) is 17.1 Å². The second-order valence-electron chi connectivity index (χ2n) is 7.57. The second-order valence-corrected chi connectivity index (χ2v) is 7.57. The van der Waals surface area contributed by atoms with Gasteiger partial charge in [-0.25, -0.2) is 4.39 Å². The van der Waals surface area contributed by atoms with Gasteiger partial charge in [0.25, 0.3) is 0 Å². The van der Waals surface area contributed by atoms with Crippen LogP contribution in [0.3, 0.4) is 0 Å². The largest absolute Gasteiger partial charge is 0.493 e. The Balaban J connectivity index is 1.66. The minimum absolute atomic E-state index is 0.0297. The first-order valence-corrected chi connectivity index (χ1v) is 10.4. The minimum atomic E-state index is -4.58. The Morgan fingerprint density at radius 1 is 1.17 bits per heavy atom. The topological polar surface area (TPSA) is 60.2 Å². The molecule has 1 aliphatic heterocycles. The molecule has 0 radical (unpaired) electrons. The van der Waals surface area contributed by atoms with Gasteiger partial charge in [0.1, 0.15) is 11.9 Å². The molecule has 5 nitrogen and oxygen atoms in total. The maximum atomic E-state index is 13.6. The Labute approximate surface area is 173 Å². The summed E-state index contributed by atoms with van der Waals surface area (Å²) >= 11 is 0. The van der Waals surface area contributed by atoms with Gasteiger partial charge in [-0.3, -0.25) is 0 Å². The highest BCUT2D eigenvalue weighted by Crippen LogP contribution is 2.38. The summed E-state index contributed by atoms with van der Waals surface area (Å²) in [6.45, 7) is 2.55. The standard InChI is InChI=1S/C21H27F4N3O2/c1-2-3-4-5-6-7-10-29-18-9-8-14(11-16(18)21(23,24)25)19-27-20(30-28-19)17-12-15(22)13-26-17/h8-9,11,15,17,26H,2-7,10,12-13H2,1H3. The van der Waals surface area contributed by atoms with E-state index < -0.39 is 24.0 Å². The van der Waals surface area contributed by atoms with E-state index in [1.165, 1.54) is 18.6 Å². The van der Waals surface area contributed by atoms with E-state index in [2.05, 4.69) is 22.4 Å². The summed E-state index contributed by atoms with van der Waals surface area (Å²) in [5.74, 6) is -0.00884. The Bertz CT molecular complexity index is 810. The number of rotatable bonds is 10. The first-order chi connectivity index (χ1) is 14.4. The lowest BCUT2D eigenvalue weighted by atomic mass is 10.1. The van der Waals surface area contributed by atoms with Crippen LogP contribution in [-0.4, -0.2) is 29.5 Å². The number of aromatic nitrogens is 2. The van der Waals surface area contributed by atoms with Gasteiger partial charge in [-0.2, -0.15) is 18.2 Å². The van der Waals surface area contributed by atoms with E-state index in [9.17, 15) is 17.6 Å². The molecular formula is C21H27F4N3O2. The van der Waals surface area contributed by atoms with Gasteiger partial charge in [-0.1, -0.05) is 44.2 Å². The van der Waals surface area contributed by atoms with Gasteiger partial charge in [0.15, 0.2) is 0 Å². The van der Waals surface area contributed by atoms with Crippen LogP contribution in [0.1, 0.15) is 69.4 Å². The zero-order valence-electron chi connectivity index (χ0n) is 17.0. The van der Waals surface area contributed by atoms with E-state index in [1.54, 1.807) is 0 Å². The summed E-state index contributed by atoms with van der Waals surface area (Å²) in [4.78, 5) is 4.15. The molecule has 1 aliphatic rings. The van der Waals surface area contributed by atoms with E-state index in [0.29, 0.717) is 6.42 Å². The normalized spacial score (nSPS) is 19.4. The molecule has 0 spiro atoms. The lowest BCUT2D eigenvalue weighted by Crippen LogP contribution is -2.14. The minimum Gasteiger partial charge on any atom is -0.493 e. The molecule has 9 heteroatoms. The van der Waals surface area contributed by atoms with Crippen molar-refractivity contribution in [1.29, 1.82) is 0 Å². The SMILES string of the molecule is CCCCCCCCOc1ccc(-c2noc(C3CC(F)CN3)n2)cc1C(F)(F)F. The van der Waals surface area contributed by atoms with E-state index >= 15 is 0 Å². The smallest absolute Gasteiger partial charge is 0.419 e. The van der Waals surface area contributed by atoms with Crippen molar-refractivity contribution >= 4 is 0 Å². The number of unbranched alkanes of at least 4 members (excludes halogenated alkanes) is 5. The van der Waals surface area contributed by atoms with Gasteiger partial charge in [0, 0.05) is 18.5 Å². The van der Waals surface area contributed by atoms with E-state index in [4.69, 9.17) is 9.26 Å². The molecule has 1 aromatic carbocycles. The van der Waals surface area contributed by atoms with Crippen molar-refractivity contribution in [3.05, 3.63) is 29.7 Å². The number of hydrogen-bond acceptors (Lipinski definition) is 5. The molecule has 2 aromatic rings. The van der Waals surface area contributed by atoms with Crippen molar-refractivity contribution in [3.63, 3.8) is 0 Å². The summed E-state index contributed by atoms with van der Waals surface area (Å²) in [7, 11) is 0. The summed E-state index contributed by atoms with van der Waals surface area (Å²) in [5, 5.41) is 6.67. The molecule has 166 valence electrons. The molecule has 1 fully saturated rings. The number of benzene rings is 1. The summed E-state index contributed by atoms with van der Waals surface area (Å²) in [6, 6.07) is 3.30. The Morgan fingerprint density at radius 3 is 2.63 bits per heavy atom. The van der Waals surface area contributed by atoms with Crippen molar-refractivity contribution in [2.75, 3.05) is 13.2 Å². The molecule has 0 amide bonds. The molecular weight excluding hydrogens is 402 g/mol. The number of halogens is 4. The quantitative estimate of drug-likeness (QED) is 0.378. The molecule has 2 unspecified atom stereocenters. The van der Waals surface area contributed by atoms with Gasteiger partial charge in [0.05, 0.1) is 18.2 Å². The fraction of sp³-hybridized carbons (Fsp3) is 0.619. The van der Waals surface area contributed by atoms with Crippen LogP contribution in [0, 0.1) is 0 Å². The van der Waals surface area contributed by atoms with Crippen molar-refractivity contribution < 1.29 is 26.8 Å². The summed E-state index contributed by atoms with van der Waals surface area (Å²) < 4.78 is 64.5. The highest BCUT2D eigenvalue weighted by atomic mass is 19.4. The fourth-order valence-corrected chi connectivity index (χ4v) is 3.46. The Hall–Kier alpha value is -2.16. The first-order valence-electron chi connectivity index (χ1n) is 10.4. The fourth-order valence-electron chi connectivity index (χ4n) is 3.46. The first kappa shape index (κ1) is 22.5. The van der Waals surface area contributed by atoms with Crippen LogP contribution in [0.5, 0.6) is 5.75 Å². The van der Waals surface area contributed by atoms with Gasteiger partial charge in [0.2, 0.25) is 11.7 Å². The number of alkyl halides is 4. The van der Waals surface area contributed by atoms with Crippen LogP contribution in [0.15, 0.2) is 22.7 Å². The number of ether oxygens (including phenoxy) is 1. The highest BCUT2D eigenvalue weighted by molar-refractivity contribution is 5.59. The predicted octanol–water partition coefficient (Wildman–Crippen LogP) is 5.87. The van der Waals surface area contributed by atoms with Crippen LogP contribution in [0.2, 0.25) is 0 Å². The molecule has 1 saturated heterocycles. The van der Waals surface area contributed by atoms with Crippen LogP contribution in [-0.2, 0) is 6.18 Å². The Kier molecular flexibility index (Phi) is 7.69. The highest BCUT2D eigenvalue weighted by Gasteiger charge is 2.35. The third-order valence-electron chi connectivity index (χ3n) is 5.12. The van der Waals surface area contributed by atoms with Gasteiger partial charge >= 0.3 is 6.18 Å². The molecule has 1 N–H and O–H groups in total. The lowest BCUT2D eigenvalue weighted by molar-refractivity contribution is -0.138. The maximum Gasteiger partial charge on any atom is 0.419 e. The number of nitrogens with zero attached hydrogens (tertiary/aromatic N) is 2. The third kappa shape index (κ3) is 5.93. The van der Waals surface area contributed by atoms with Crippen LogP contribution in [0.4, 0.5) is 17.6 Å². The van der Waals surface area contributed by atoms with Gasteiger partial charge in [-0.05, 0) is 24.6 Å². The maximum absolute atomic E-state index is 13.6. The second kappa shape index (κ2) is 10.2. The van der Waals surface area contributed by atoms with E-state index in [0.717, 1.165) is 31.7 Å². The van der Waals surface area contributed by atoms with E-state index in [1.807, 2.05) is 0 Å². The molecule has 30 heavy (non-hydrogen) atoms. The lowest BCUT2D eigenvalue weighted by Gasteiger charge is -2.14. The average Bonchev–Trinajstić information content (AvgIpc) is 3.36. The molecule has 2 atom stereocenters. The predicted molar refractivity (Wildman–Crippen MR) is 104 cm³/mol. The van der Waals surface area contributed by atoms with E-state index in [-0.39, 0.29) is 42.6 Å². The van der Waals surface area contributed by atoms with Gasteiger partial charge in [-0.15, -0.1) is 0 Å².